The van der Waals surface area contributed by atoms with Gasteiger partial charge in [0.05, 0.1) is 11.3 Å². The van der Waals surface area contributed by atoms with E-state index in [0.717, 1.165) is 11.3 Å². The average molecular weight is 635 g/mol. The van der Waals surface area contributed by atoms with Gasteiger partial charge < -0.3 is 35.1 Å². The highest BCUT2D eigenvalue weighted by Gasteiger charge is 2.38. The number of amidine groups is 1. The van der Waals surface area contributed by atoms with E-state index in [9.17, 15) is 35.9 Å². The number of nitrogens with two attached hydrogens (primary N) is 1. The van der Waals surface area contributed by atoms with Gasteiger partial charge in [-0.3, -0.25) is 10.2 Å². The van der Waals surface area contributed by atoms with Gasteiger partial charge in [0.2, 0.25) is 0 Å². The quantitative estimate of drug-likeness (QED) is 0.121. The zero-order valence-corrected chi connectivity index (χ0v) is 22.1. The number of imidazole rings is 1. The van der Waals surface area contributed by atoms with Crippen LogP contribution in [0.3, 0.4) is 0 Å². The number of hydrogen-bond donors (Lipinski definition) is 5. The maximum absolute atomic E-state index is 12.9. The zero-order valence-electron chi connectivity index (χ0n) is 22.1. The highest BCUT2D eigenvalue weighted by Crippen LogP contribution is 2.22. The highest BCUT2D eigenvalue weighted by molar-refractivity contribution is 5.95. The summed E-state index contributed by atoms with van der Waals surface area (Å²) in [6, 6.07) is 10.8. The van der Waals surface area contributed by atoms with Crippen molar-refractivity contribution >= 4 is 35.5 Å². The Morgan fingerprint density at radius 3 is 1.75 bits per heavy atom. The van der Waals surface area contributed by atoms with Gasteiger partial charge in [-0.2, -0.15) is 26.3 Å². The molecule has 0 atom stereocenters. The van der Waals surface area contributed by atoms with Crippen LogP contribution in [0.4, 0.5) is 31.1 Å². The number of amides is 1. The first-order valence-corrected chi connectivity index (χ1v) is 12.0. The Kier molecular flexibility index (Phi) is 11.2. The van der Waals surface area contributed by atoms with Crippen molar-refractivity contribution in [1.82, 2.24) is 14.3 Å². The predicted molar refractivity (Wildman–Crippen MR) is 137 cm³/mol. The second-order valence-electron chi connectivity index (χ2n) is 8.78. The van der Waals surface area contributed by atoms with Crippen molar-refractivity contribution in [3.63, 3.8) is 0 Å². The molecule has 1 amide bonds. The van der Waals surface area contributed by atoms with E-state index in [2.05, 4.69) is 4.98 Å². The molecule has 0 bridgehead atoms. The monoisotopic (exact) mass is 635 g/mol. The normalized spacial score (nSPS) is 13.5. The minimum atomic E-state index is -5.08. The van der Waals surface area contributed by atoms with Crippen LogP contribution in [-0.4, -0.2) is 91.0 Å². The lowest BCUT2D eigenvalue weighted by molar-refractivity contribution is -0.193. The van der Waals surface area contributed by atoms with Gasteiger partial charge in [0.1, 0.15) is 17.6 Å². The maximum atomic E-state index is 12.9. The van der Waals surface area contributed by atoms with Crippen molar-refractivity contribution in [3.8, 4) is 11.3 Å². The number of nitrogen functional groups attached to an aromatic ring is 1. The number of piperidine rings is 1. The van der Waals surface area contributed by atoms with Gasteiger partial charge in [0, 0.05) is 49.5 Å². The number of carbonyl (C=O) groups is 4. The summed E-state index contributed by atoms with van der Waals surface area (Å²) in [5.74, 6) is -5.61. The maximum Gasteiger partial charge on any atom is 0.506 e. The molecule has 238 valence electrons. The van der Waals surface area contributed by atoms with Crippen LogP contribution in [0.15, 0.2) is 48.8 Å². The standard InChI is InChI=1S/C21H21N5O4.2C2HF3O2/c22-19(23)14-3-1-13(2-4-14)17-12-26-11-15(5-6-18(26)24-17)20(27)25-9-7-16(8-10-25)30-21(28)29;2*3-2(4,5)1(6)7/h1-6,11-12,16H,7-10H2,(H3,22,23)(H,28,29);2*(H,6,7). The Bertz CT molecular complexity index is 1490. The number of benzene rings is 1. The first-order valence-electron chi connectivity index (χ1n) is 12.0. The lowest BCUT2D eigenvalue weighted by Crippen LogP contribution is -2.41. The Hall–Kier alpha value is -5.36. The second kappa shape index (κ2) is 14.2. The molecule has 0 spiro atoms. The first kappa shape index (κ1) is 34.8. The summed E-state index contributed by atoms with van der Waals surface area (Å²) < 4.78 is 70.1. The van der Waals surface area contributed by atoms with Gasteiger partial charge in [-0.05, 0) is 12.1 Å². The van der Waals surface area contributed by atoms with Crippen molar-refractivity contribution in [2.45, 2.75) is 31.3 Å². The molecule has 1 aliphatic heterocycles. The van der Waals surface area contributed by atoms with Gasteiger partial charge in [0.15, 0.2) is 0 Å². The summed E-state index contributed by atoms with van der Waals surface area (Å²) in [4.78, 5) is 47.6. The number of fused-ring (bicyclic) bond motifs is 1. The molecule has 3 aromatic rings. The Morgan fingerprint density at radius 1 is 0.841 bits per heavy atom. The topological polar surface area (TPSA) is 209 Å². The lowest BCUT2D eigenvalue weighted by atomic mass is 10.1. The molecular weight excluding hydrogens is 612 g/mol. The molecular formula is C25H23F6N5O8. The molecule has 3 heterocycles. The third kappa shape index (κ3) is 10.2. The van der Waals surface area contributed by atoms with Crippen molar-refractivity contribution in [1.29, 1.82) is 5.41 Å². The van der Waals surface area contributed by atoms with Gasteiger partial charge in [-0.15, -0.1) is 0 Å². The van der Waals surface area contributed by atoms with Crippen molar-refractivity contribution in [2.75, 3.05) is 13.1 Å². The number of aliphatic carboxylic acids is 2. The minimum Gasteiger partial charge on any atom is -0.475 e. The molecule has 1 saturated heterocycles. The predicted octanol–water partition coefficient (Wildman–Crippen LogP) is 3.85. The van der Waals surface area contributed by atoms with E-state index in [4.69, 9.17) is 40.8 Å². The number of nitrogens with zero attached hydrogens (tertiary/aromatic N) is 3. The number of carboxylic acids is 2. The number of halogens is 6. The summed E-state index contributed by atoms with van der Waals surface area (Å²) in [7, 11) is 0. The number of likely N-dealkylation sites (tertiary alicyclic amines) is 1. The number of carboxylic acid groups (broad SMARTS) is 3. The zero-order chi connectivity index (χ0) is 33.4. The van der Waals surface area contributed by atoms with E-state index < -0.39 is 30.4 Å². The van der Waals surface area contributed by atoms with E-state index in [1.165, 1.54) is 0 Å². The minimum absolute atomic E-state index is 0.0123. The molecule has 0 saturated carbocycles. The van der Waals surface area contributed by atoms with Crippen LogP contribution in [0.25, 0.3) is 16.9 Å². The summed E-state index contributed by atoms with van der Waals surface area (Å²) in [5.41, 5.74) is 9.03. The van der Waals surface area contributed by atoms with Crippen LogP contribution in [0, 0.1) is 5.41 Å². The second-order valence-corrected chi connectivity index (χ2v) is 8.78. The smallest absolute Gasteiger partial charge is 0.475 e. The van der Waals surface area contributed by atoms with Crippen LogP contribution in [0.5, 0.6) is 0 Å². The van der Waals surface area contributed by atoms with E-state index in [-0.39, 0.29) is 17.8 Å². The molecule has 2 aromatic heterocycles. The molecule has 0 radical (unpaired) electrons. The number of pyridine rings is 1. The summed E-state index contributed by atoms with van der Waals surface area (Å²) >= 11 is 0. The molecule has 44 heavy (non-hydrogen) atoms. The third-order valence-corrected chi connectivity index (χ3v) is 5.67. The number of aromatic nitrogens is 2. The molecule has 13 nitrogen and oxygen atoms in total. The first-order chi connectivity index (χ1) is 20.3. The number of nitrogens with one attached hydrogen (secondary N) is 1. The lowest BCUT2D eigenvalue weighted by Gasteiger charge is -2.31. The van der Waals surface area contributed by atoms with E-state index >= 15 is 0 Å². The average Bonchev–Trinajstić information content (AvgIpc) is 3.36. The summed E-state index contributed by atoms with van der Waals surface area (Å²) in [6.45, 7) is 0.902. The fourth-order valence-corrected chi connectivity index (χ4v) is 3.58. The number of alkyl halides is 6. The number of hydrogen-bond acceptors (Lipinski definition) is 7. The largest absolute Gasteiger partial charge is 0.506 e. The van der Waals surface area contributed by atoms with E-state index in [1.807, 2.05) is 22.7 Å². The number of rotatable bonds is 4. The van der Waals surface area contributed by atoms with E-state index in [1.54, 1.807) is 35.4 Å². The Morgan fingerprint density at radius 2 is 1.32 bits per heavy atom. The number of ether oxygens (including phenoxy) is 1. The molecule has 19 heteroatoms. The van der Waals surface area contributed by atoms with Gasteiger partial charge in [-0.1, -0.05) is 24.3 Å². The van der Waals surface area contributed by atoms with Crippen molar-refractivity contribution in [3.05, 3.63) is 59.9 Å². The molecule has 1 aliphatic rings. The molecule has 1 aromatic carbocycles. The molecule has 0 unspecified atom stereocenters. The molecule has 0 aliphatic carbocycles. The Balaban J connectivity index is 0.000000402. The van der Waals surface area contributed by atoms with Crippen LogP contribution < -0.4 is 5.73 Å². The van der Waals surface area contributed by atoms with Crippen LogP contribution >= 0.6 is 0 Å². The fraction of sp³-hybridized carbons (Fsp3) is 0.280. The van der Waals surface area contributed by atoms with Crippen LogP contribution in [-0.2, 0) is 14.3 Å². The molecule has 4 rings (SSSR count). The fourth-order valence-electron chi connectivity index (χ4n) is 3.58. The number of carbonyl (C=O) groups excluding carboxylic acids is 1. The van der Waals surface area contributed by atoms with Crippen molar-refractivity contribution < 1.29 is 65.6 Å². The van der Waals surface area contributed by atoms with Gasteiger partial charge in [-0.25, -0.2) is 19.4 Å². The Labute approximate surface area is 242 Å². The molecule has 6 N–H and O–H groups in total. The summed E-state index contributed by atoms with van der Waals surface area (Å²) in [5, 5.41) is 30.4. The van der Waals surface area contributed by atoms with Crippen LogP contribution in [0.2, 0.25) is 0 Å². The SMILES string of the molecule is N=C(N)c1ccc(-c2cn3cc(C(=O)N4CCC(OC(=O)O)CC4)ccc3n2)cc1.O=C(O)C(F)(F)F.O=C(O)C(F)(F)F. The van der Waals surface area contributed by atoms with Gasteiger partial charge in [0.25, 0.3) is 5.91 Å². The van der Waals surface area contributed by atoms with Crippen LogP contribution in [0.1, 0.15) is 28.8 Å². The third-order valence-electron chi connectivity index (χ3n) is 5.67. The van der Waals surface area contributed by atoms with Crippen molar-refractivity contribution in [2.24, 2.45) is 5.73 Å². The molecule has 1 fully saturated rings. The highest BCUT2D eigenvalue weighted by atomic mass is 19.4. The summed E-state index contributed by atoms with van der Waals surface area (Å²) in [6.07, 6.45) is -7.23. The van der Waals surface area contributed by atoms with E-state index in [0.29, 0.717) is 42.7 Å². The van der Waals surface area contributed by atoms with Gasteiger partial charge >= 0.3 is 30.4 Å².